The Kier molecular flexibility index (Phi) is 6.19. The van der Waals surface area contributed by atoms with E-state index in [4.69, 9.17) is 0 Å². The quantitative estimate of drug-likeness (QED) is 0.530. The normalized spacial score (nSPS) is 18.7. The van der Waals surface area contributed by atoms with E-state index in [0.717, 1.165) is 11.1 Å². The molecule has 34 heavy (non-hydrogen) atoms. The number of benzene rings is 1. The minimum absolute atomic E-state index is 0.0168. The number of nitrogens with zero attached hydrogens (tertiary/aromatic N) is 4. The summed E-state index contributed by atoms with van der Waals surface area (Å²) in [4.78, 5) is 0. The average molecular weight is 435 g/mol. The molecule has 0 N–H and O–H groups in total. The summed E-state index contributed by atoms with van der Waals surface area (Å²) < 4.78 is 0. The molecule has 0 radical (unpaired) electrons. The van der Waals surface area contributed by atoms with Crippen molar-refractivity contribution < 1.29 is 0 Å². The lowest BCUT2D eigenvalue weighted by Gasteiger charge is -2.23. The third kappa shape index (κ3) is 3.89. The molecule has 4 heteroatoms. The summed E-state index contributed by atoms with van der Waals surface area (Å²) in [5.74, 6) is -0.379. The summed E-state index contributed by atoms with van der Waals surface area (Å²) in [5.41, 5.74) is 2.78. The summed E-state index contributed by atoms with van der Waals surface area (Å²) in [6.45, 7) is 0. The number of allylic oxidation sites excluding steroid dienone is 18. The maximum absolute atomic E-state index is 10.1. The lowest BCUT2D eigenvalue weighted by molar-refractivity contribution is 0.578. The van der Waals surface area contributed by atoms with Crippen molar-refractivity contribution in [3.05, 3.63) is 131 Å². The van der Waals surface area contributed by atoms with E-state index >= 15 is 0 Å². The Bertz CT molecular complexity index is 1440. The van der Waals surface area contributed by atoms with Crippen molar-refractivity contribution in [2.45, 2.75) is 0 Å². The van der Waals surface area contributed by atoms with Crippen LogP contribution in [0.5, 0.6) is 0 Å². The Labute approximate surface area is 199 Å². The smallest absolute Gasteiger partial charge is 0.179 e. The number of rotatable bonds is 3. The van der Waals surface area contributed by atoms with Crippen LogP contribution in [0.4, 0.5) is 0 Å². The highest BCUT2D eigenvalue weighted by molar-refractivity contribution is 5.88. The zero-order valence-corrected chi connectivity index (χ0v) is 18.2. The van der Waals surface area contributed by atoms with Gasteiger partial charge >= 0.3 is 0 Å². The average Bonchev–Trinajstić information content (AvgIpc) is 3.09. The molecular weight excluding hydrogens is 416 g/mol. The van der Waals surface area contributed by atoms with Crippen molar-refractivity contribution in [2.24, 2.45) is 11.3 Å². The van der Waals surface area contributed by atoms with Crippen LogP contribution in [0.25, 0.3) is 11.1 Å². The highest BCUT2D eigenvalue weighted by Gasteiger charge is 2.48. The molecule has 0 bridgehead atoms. The first kappa shape index (κ1) is 22.0. The second-order valence-electron chi connectivity index (χ2n) is 7.84. The molecule has 0 aromatic heterocycles. The fraction of sp³-hybridized carbons (Fsp3) is 0.0667. The summed E-state index contributed by atoms with van der Waals surface area (Å²) in [6.07, 6.45) is 24.5. The Hall–Kier alpha value is -5.16. The van der Waals surface area contributed by atoms with Crippen LogP contribution in [-0.2, 0) is 0 Å². The first-order chi connectivity index (χ1) is 16.7. The van der Waals surface area contributed by atoms with Crippen LogP contribution in [0, 0.1) is 56.7 Å². The van der Waals surface area contributed by atoms with Gasteiger partial charge in [0.05, 0.1) is 12.1 Å². The number of fused-ring (bicyclic) bond motifs is 1. The van der Waals surface area contributed by atoms with E-state index in [2.05, 4.69) is 12.1 Å². The second kappa shape index (κ2) is 9.54. The zero-order chi connectivity index (χ0) is 24.0. The minimum atomic E-state index is -1.37. The maximum Gasteiger partial charge on any atom is 0.179 e. The molecule has 0 aliphatic heterocycles. The van der Waals surface area contributed by atoms with Gasteiger partial charge in [0, 0.05) is 11.5 Å². The van der Waals surface area contributed by atoms with Gasteiger partial charge in [0.15, 0.2) is 5.41 Å². The van der Waals surface area contributed by atoms with Crippen LogP contribution in [0.15, 0.2) is 120 Å². The molecule has 1 aromatic carbocycles. The zero-order valence-electron chi connectivity index (χ0n) is 18.2. The molecule has 1 unspecified atom stereocenters. The number of nitriles is 4. The molecule has 158 valence electrons. The fourth-order valence-corrected chi connectivity index (χ4v) is 4.28. The van der Waals surface area contributed by atoms with Gasteiger partial charge in [0.2, 0.25) is 0 Å². The molecule has 3 aliphatic carbocycles. The molecule has 0 amide bonds. The molecule has 0 saturated carbocycles. The van der Waals surface area contributed by atoms with E-state index < -0.39 is 5.41 Å². The predicted molar refractivity (Wildman–Crippen MR) is 132 cm³/mol. The van der Waals surface area contributed by atoms with Crippen molar-refractivity contribution in [1.29, 1.82) is 21.0 Å². The van der Waals surface area contributed by atoms with Gasteiger partial charge in [0.1, 0.15) is 17.7 Å². The summed E-state index contributed by atoms with van der Waals surface area (Å²) >= 11 is 0. The van der Waals surface area contributed by atoms with E-state index in [1.807, 2.05) is 109 Å². The highest BCUT2D eigenvalue weighted by atomic mass is 14.5. The molecule has 0 fully saturated rings. The van der Waals surface area contributed by atoms with Crippen molar-refractivity contribution in [3.8, 4) is 24.3 Å². The van der Waals surface area contributed by atoms with Gasteiger partial charge < -0.3 is 0 Å². The lowest BCUT2D eigenvalue weighted by atomic mass is 9.73. The van der Waals surface area contributed by atoms with Crippen LogP contribution >= 0.6 is 0 Å². The Morgan fingerprint density at radius 3 is 2.24 bits per heavy atom. The summed E-state index contributed by atoms with van der Waals surface area (Å²) in [6, 6.07) is 15.8. The van der Waals surface area contributed by atoms with Crippen molar-refractivity contribution in [3.63, 3.8) is 0 Å². The van der Waals surface area contributed by atoms with Gasteiger partial charge in [-0.2, -0.15) is 21.0 Å². The molecule has 3 aliphatic rings. The maximum atomic E-state index is 10.1. The third-order valence-corrected chi connectivity index (χ3v) is 5.93. The van der Waals surface area contributed by atoms with Crippen LogP contribution in [0.1, 0.15) is 11.1 Å². The Morgan fingerprint density at radius 1 is 0.853 bits per heavy atom. The van der Waals surface area contributed by atoms with Gasteiger partial charge in [-0.3, -0.25) is 0 Å². The Balaban J connectivity index is 1.89. The fourth-order valence-electron chi connectivity index (χ4n) is 4.28. The molecule has 0 spiro atoms. The van der Waals surface area contributed by atoms with Crippen molar-refractivity contribution in [2.75, 3.05) is 0 Å². The van der Waals surface area contributed by atoms with Crippen LogP contribution in [0.2, 0.25) is 0 Å². The van der Waals surface area contributed by atoms with Gasteiger partial charge in [-0.15, -0.1) is 0 Å². The van der Waals surface area contributed by atoms with Gasteiger partial charge in [-0.05, 0) is 40.0 Å². The largest absolute Gasteiger partial charge is 0.196 e. The van der Waals surface area contributed by atoms with Crippen molar-refractivity contribution >= 4 is 11.1 Å². The van der Waals surface area contributed by atoms with Crippen LogP contribution < -0.4 is 0 Å². The second-order valence-corrected chi connectivity index (χ2v) is 7.84. The molecule has 1 aromatic rings. The van der Waals surface area contributed by atoms with Gasteiger partial charge in [-0.25, -0.2) is 0 Å². The molecule has 4 nitrogen and oxygen atoms in total. The predicted octanol–water partition coefficient (Wildman–Crippen LogP) is 6.20. The van der Waals surface area contributed by atoms with Crippen LogP contribution in [0.3, 0.4) is 0 Å². The number of hydrogen-bond donors (Lipinski definition) is 0. The standard InChI is InChI=1S/C30H18N4/c31-18-26(19-32)27(15-22-9-4-1-2-5-10-22)23-12-8-13-24(16-23)29-17-25-11-6-3-7-14-28(25)30(29,20-33)21-34/h1-17,28H. The third-order valence-electron chi connectivity index (χ3n) is 5.93. The topological polar surface area (TPSA) is 95.2 Å². The molecular formula is C30H18N4. The van der Waals surface area contributed by atoms with Gasteiger partial charge in [-0.1, -0.05) is 91.1 Å². The minimum Gasteiger partial charge on any atom is -0.196 e. The molecule has 0 saturated heterocycles. The van der Waals surface area contributed by atoms with Crippen LogP contribution in [-0.4, -0.2) is 0 Å². The van der Waals surface area contributed by atoms with Gasteiger partial charge in [0.25, 0.3) is 0 Å². The van der Waals surface area contributed by atoms with E-state index in [-0.39, 0.29) is 11.5 Å². The SMILES string of the molecule is N#CC(C#N)=C(C=C1C=CC=CC=C1)c1cccc(C2=CC3=CC=CC=CC3C2(C#N)C#N)c1. The van der Waals surface area contributed by atoms with E-state index in [1.165, 1.54) is 0 Å². The van der Waals surface area contributed by atoms with Crippen molar-refractivity contribution in [1.82, 2.24) is 0 Å². The van der Waals surface area contributed by atoms with E-state index in [1.54, 1.807) is 6.08 Å². The molecule has 4 rings (SSSR count). The first-order valence-electron chi connectivity index (χ1n) is 10.6. The molecule has 1 atom stereocenters. The molecule has 0 heterocycles. The van der Waals surface area contributed by atoms with E-state index in [9.17, 15) is 21.0 Å². The summed E-state index contributed by atoms with van der Waals surface area (Å²) in [7, 11) is 0. The highest BCUT2D eigenvalue weighted by Crippen LogP contribution is 2.52. The van der Waals surface area contributed by atoms with E-state index in [0.29, 0.717) is 22.3 Å². The summed E-state index contributed by atoms with van der Waals surface area (Å²) in [5, 5.41) is 39.5. The first-order valence-corrected chi connectivity index (χ1v) is 10.6. The Morgan fingerprint density at radius 2 is 1.56 bits per heavy atom. The number of hydrogen-bond acceptors (Lipinski definition) is 4. The monoisotopic (exact) mass is 434 g/mol. The lowest BCUT2D eigenvalue weighted by Crippen LogP contribution is -2.24.